The van der Waals surface area contributed by atoms with Gasteiger partial charge in [-0.15, -0.1) is 0 Å². The van der Waals surface area contributed by atoms with E-state index in [9.17, 15) is 8.78 Å². The summed E-state index contributed by atoms with van der Waals surface area (Å²) in [4.78, 5) is 0. The fourth-order valence-electron chi connectivity index (χ4n) is 2.67. The molecular weight excluding hydrogens is 318 g/mol. The van der Waals surface area contributed by atoms with Gasteiger partial charge in [0, 0.05) is 11.1 Å². The molecule has 0 fully saturated rings. The van der Waals surface area contributed by atoms with Crippen molar-refractivity contribution in [2.45, 2.75) is 40.4 Å². The van der Waals surface area contributed by atoms with Gasteiger partial charge in [0.15, 0.2) is 0 Å². The number of ether oxygens (including phenoxy) is 1. The van der Waals surface area contributed by atoms with E-state index in [2.05, 4.69) is 0 Å². The molecule has 132 valence electrons. The van der Waals surface area contributed by atoms with Crippen molar-refractivity contribution < 1.29 is 13.5 Å². The van der Waals surface area contributed by atoms with E-state index in [1.807, 2.05) is 64.1 Å². The van der Waals surface area contributed by atoms with Gasteiger partial charge >= 0.3 is 0 Å². The van der Waals surface area contributed by atoms with E-state index >= 15 is 0 Å². The Morgan fingerprint density at radius 1 is 0.760 bits per heavy atom. The molecule has 0 bridgehead atoms. The van der Waals surface area contributed by atoms with Crippen LogP contribution in [0.1, 0.15) is 62.7 Å². The van der Waals surface area contributed by atoms with E-state index in [1.54, 1.807) is 24.3 Å². The van der Waals surface area contributed by atoms with E-state index in [1.165, 1.54) is 0 Å². The number of halogens is 2. The van der Waals surface area contributed by atoms with Crippen LogP contribution in [0.3, 0.4) is 0 Å². The van der Waals surface area contributed by atoms with Crippen LogP contribution in [-0.2, 0) is 4.74 Å². The van der Waals surface area contributed by atoms with Gasteiger partial charge in [-0.2, -0.15) is 0 Å². The van der Waals surface area contributed by atoms with Crippen molar-refractivity contribution in [3.63, 3.8) is 0 Å². The highest BCUT2D eigenvalue weighted by Gasteiger charge is 2.23. The van der Waals surface area contributed by atoms with Crippen LogP contribution in [0.2, 0.25) is 0 Å². The Morgan fingerprint density at radius 2 is 1.12 bits per heavy atom. The number of hydrogen-bond acceptors (Lipinski definition) is 1. The smallest absolute Gasteiger partial charge is 0.228 e. The van der Waals surface area contributed by atoms with E-state index in [0.29, 0.717) is 11.1 Å². The summed E-state index contributed by atoms with van der Waals surface area (Å²) in [5, 5.41) is 0. The van der Waals surface area contributed by atoms with E-state index < -0.39 is 12.7 Å². The number of allylic oxidation sites excluding steroid dienone is 4. The highest BCUT2D eigenvalue weighted by Crippen LogP contribution is 2.35. The Morgan fingerprint density at radius 3 is 1.48 bits per heavy atom. The molecule has 0 N–H and O–H groups in total. The zero-order valence-corrected chi connectivity index (χ0v) is 15.1. The molecule has 0 amide bonds. The van der Waals surface area contributed by atoms with Gasteiger partial charge < -0.3 is 4.74 Å². The zero-order valence-electron chi connectivity index (χ0n) is 15.1. The second kappa shape index (κ2) is 8.72. The van der Waals surface area contributed by atoms with Gasteiger partial charge in [0.2, 0.25) is 12.7 Å². The first-order valence-corrected chi connectivity index (χ1v) is 8.37. The summed E-state index contributed by atoms with van der Waals surface area (Å²) in [5.74, 6) is 0. The average molecular weight is 342 g/mol. The summed E-state index contributed by atoms with van der Waals surface area (Å²) in [6.07, 6.45) is 0.0898. The van der Waals surface area contributed by atoms with Crippen molar-refractivity contribution in [1.82, 2.24) is 0 Å². The quantitative estimate of drug-likeness (QED) is 0.540. The lowest BCUT2D eigenvalue weighted by atomic mass is 10.00. The summed E-state index contributed by atoms with van der Waals surface area (Å²) in [5.41, 5.74) is 3.96. The SMILES string of the molecule is CC=C(C)c1ccccc1C(F)OC(F)c1ccccc1C(C)=CC. The minimum absolute atomic E-state index is 0.334. The molecule has 0 aromatic heterocycles. The molecule has 25 heavy (non-hydrogen) atoms. The van der Waals surface area contributed by atoms with E-state index in [-0.39, 0.29) is 0 Å². The van der Waals surface area contributed by atoms with Gasteiger partial charge in [-0.05, 0) is 50.0 Å². The third-order valence-corrected chi connectivity index (χ3v) is 4.37. The van der Waals surface area contributed by atoms with E-state index in [4.69, 9.17) is 4.74 Å². The van der Waals surface area contributed by atoms with Crippen molar-refractivity contribution in [2.75, 3.05) is 0 Å². The molecule has 0 radical (unpaired) electrons. The van der Waals surface area contributed by atoms with Gasteiger partial charge in [0.25, 0.3) is 0 Å². The van der Waals surface area contributed by atoms with Gasteiger partial charge in [-0.1, -0.05) is 60.7 Å². The minimum Gasteiger partial charge on any atom is -0.306 e. The standard InChI is InChI=1S/C22H24F2O/c1-5-15(3)17-11-7-9-13-19(17)21(23)25-22(24)20-14-10-8-12-18(20)16(4)6-2/h5-14,21-22H,1-4H3. The van der Waals surface area contributed by atoms with Crippen molar-refractivity contribution in [2.24, 2.45) is 0 Å². The van der Waals surface area contributed by atoms with Crippen LogP contribution in [0, 0.1) is 0 Å². The molecule has 0 saturated heterocycles. The molecule has 2 rings (SSSR count). The fraction of sp³-hybridized carbons (Fsp3) is 0.273. The Hall–Kier alpha value is -2.26. The molecule has 0 saturated carbocycles. The summed E-state index contributed by atoms with van der Waals surface area (Å²) in [7, 11) is 0. The fourth-order valence-corrected chi connectivity index (χ4v) is 2.67. The molecule has 2 aromatic rings. The maximum absolute atomic E-state index is 14.7. The zero-order chi connectivity index (χ0) is 18.4. The lowest BCUT2D eigenvalue weighted by Crippen LogP contribution is -2.07. The van der Waals surface area contributed by atoms with Crippen LogP contribution in [0.5, 0.6) is 0 Å². The van der Waals surface area contributed by atoms with Crippen LogP contribution in [0.4, 0.5) is 8.78 Å². The minimum atomic E-state index is -1.85. The lowest BCUT2D eigenvalue weighted by Gasteiger charge is -2.19. The van der Waals surface area contributed by atoms with Crippen molar-refractivity contribution >= 4 is 11.1 Å². The first-order valence-electron chi connectivity index (χ1n) is 8.37. The van der Waals surface area contributed by atoms with Crippen LogP contribution in [0.25, 0.3) is 11.1 Å². The molecule has 2 aromatic carbocycles. The molecule has 0 aliphatic rings. The molecule has 2 atom stereocenters. The van der Waals surface area contributed by atoms with Crippen molar-refractivity contribution in [1.29, 1.82) is 0 Å². The molecule has 2 unspecified atom stereocenters. The van der Waals surface area contributed by atoms with Crippen molar-refractivity contribution in [3.05, 3.63) is 82.9 Å². The van der Waals surface area contributed by atoms with Gasteiger partial charge in [0.1, 0.15) is 0 Å². The number of benzene rings is 2. The van der Waals surface area contributed by atoms with Gasteiger partial charge in [-0.3, -0.25) is 0 Å². The summed E-state index contributed by atoms with van der Waals surface area (Å²) < 4.78 is 34.6. The van der Waals surface area contributed by atoms with Gasteiger partial charge in [0.05, 0.1) is 0 Å². The Bertz CT molecular complexity index is 712. The third kappa shape index (κ3) is 4.43. The average Bonchev–Trinajstić information content (AvgIpc) is 2.66. The predicted molar refractivity (Wildman–Crippen MR) is 100 cm³/mol. The maximum atomic E-state index is 14.7. The first-order chi connectivity index (χ1) is 12.0. The van der Waals surface area contributed by atoms with Gasteiger partial charge in [-0.25, -0.2) is 8.78 Å². The first kappa shape index (κ1) is 19.1. The van der Waals surface area contributed by atoms with Crippen LogP contribution in [0.15, 0.2) is 60.7 Å². The molecule has 3 heteroatoms. The number of rotatable bonds is 6. The monoisotopic (exact) mass is 342 g/mol. The van der Waals surface area contributed by atoms with E-state index in [0.717, 1.165) is 22.3 Å². The maximum Gasteiger partial charge on any atom is 0.228 e. The molecule has 0 spiro atoms. The third-order valence-electron chi connectivity index (χ3n) is 4.37. The number of alkyl halides is 2. The second-order valence-electron chi connectivity index (χ2n) is 5.89. The molecular formula is C22H24F2O. The molecule has 0 aliphatic heterocycles. The van der Waals surface area contributed by atoms with Crippen LogP contribution in [-0.4, -0.2) is 0 Å². The topological polar surface area (TPSA) is 9.23 Å². The highest BCUT2D eigenvalue weighted by atomic mass is 19.2. The highest BCUT2D eigenvalue weighted by molar-refractivity contribution is 5.67. The lowest BCUT2D eigenvalue weighted by molar-refractivity contribution is -0.146. The Kier molecular flexibility index (Phi) is 6.65. The summed E-state index contributed by atoms with van der Waals surface area (Å²) >= 11 is 0. The Balaban J connectivity index is 2.30. The molecule has 1 nitrogen and oxygen atoms in total. The second-order valence-corrected chi connectivity index (χ2v) is 5.89. The summed E-state index contributed by atoms with van der Waals surface area (Å²) in [6, 6.07) is 14.0. The van der Waals surface area contributed by atoms with Crippen molar-refractivity contribution in [3.8, 4) is 0 Å². The number of hydrogen-bond donors (Lipinski definition) is 0. The predicted octanol–water partition coefficient (Wildman–Crippen LogP) is 7.19. The normalized spacial score (nSPS) is 15.1. The van der Waals surface area contributed by atoms with Crippen LogP contribution < -0.4 is 0 Å². The van der Waals surface area contributed by atoms with Crippen LogP contribution >= 0.6 is 0 Å². The largest absolute Gasteiger partial charge is 0.306 e. The molecule has 0 heterocycles. The Labute approximate surface area is 148 Å². The molecule has 0 aliphatic carbocycles. The summed E-state index contributed by atoms with van der Waals surface area (Å²) in [6.45, 7) is 7.55.